The monoisotopic (exact) mass is 288 g/mol. The van der Waals surface area contributed by atoms with Crippen LogP contribution in [0.1, 0.15) is 47.7 Å². The summed E-state index contributed by atoms with van der Waals surface area (Å²) < 4.78 is 0. The third-order valence-corrected chi connectivity index (χ3v) is 4.51. The summed E-state index contributed by atoms with van der Waals surface area (Å²) in [5.41, 5.74) is 3.30. The fraction of sp³-hybridized carbons (Fsp3) is 0.611. The zero-order valence-electron chi connectivity index (χ0n) is 13.6. The molecule has 2 rings (SSSR count). The van der Waals surface area contributed by atoms with Crippen LogP contribution in [0.25, 0.3) is 0 Å². The Morgan fingerprint density at radius 1 is 1.24 bits per heavy atom. The molecule has 1 aliphatic heterocycles. The van der Waals surface area contributed by atoms with Crippen LogP contribution in [-0.4, -0.2) is 42.9 Å². The van der Waals surface area contributed by atoms with E-state index in [2.05, 4.69) is 37.1 Å². The van der Waals surface area contributed by atoms with Crippen LogP contribution < -0.4 is 5.32 Å². The average molecular weight is 288 g/mol. The number of piperidine rings is 1. The lowest BCUT2D eigenvalue weighted by molar-refractivity contribution is 0.0865. The molecule has 1 N–H and O–H groups in total. The van der Waals surface area contributed by atoms with Crippen molar-refractivity contribution in [3.63, 3.8) is 0 Å². The number of nitrogens with one attached hydrogen (secondary N) is 1. The van der Waals surface area contributed by atoms with Crippen molar-refractivity contribution in [2.75, 3.05) is 26.2 Å². The lowest BCUT2D eigenvalue weighted by atomic mass is 10.0. The lowest BCUT2D eigenvalue weighted by Crippen LogP contribution is -2.45. The van der Waals surface area contributed by atoms with Gasteiger partial charge in [0.1, 0.15) is 0 Å². The molecule has 21 heavy (non-hydrogen) atoms. The van der Waals surface area contributed by atoms with E-state index in [1.807, 2.05) is 12.1 Å². The Bertz CT molecular complexity index is 478. The van der Waals surface area contributed by atoms with Gasteiger partial charge >= 0.3 is 0 Å². The second-order valence-electron chi connectivity index (χ2n) is 6.17. The molecular formula is C18H28N2O. The van der Waals surface area contributed by atoms with Gasteiger partial charge in [0.05, 0.1) is 6.54 Å². The summed E-state index contributed by atoms with van der Waals surface area (Å²) in [4.78, 5) is 15.0. The number of ketones is 1. The highest BCUT2D eigenvalue weighted by Crippen LogP contribution is 2.15. The van der Waals surface area contributed by atoms with E-state index >= 15 is 0 Å². The van der Waals surface area contributed by atoms with E-state index in [-0.39, 0.29) is 5.78 Å². The van der Waals surface area contributed by atoms with Gasteiger partial charge in [-0.1, -0.05) is 19.1 Å². The van der Waals surface area contributed by atoms with Gasteiger partial charge in [-0.05, 0) is 69.9 Å². The number of benzene rings is 1. The Morgan fingerprint density at radius 2 is 1.95 bits per heavy atom. The third kappa shape index (κ3) is 4.39. The van der Waals surface area contributed by atoms with E-state index in [0.717, 1.165) is 44.5 Å². The summed E-state index contributed by atoms with van der Waals surface area (Å²) in [5.74, 6) is 0.255. The first kappa shape index (κ1) is 16.2. The molecule has 1 fully saturated rings. The molecule has 1 aliphatic rings. The van der Waals surface area contributed by atoms with E-state index in [1.165, 1.54) is 11.1 Å². The second kappa shape index (κ2) is 7.71. The molecule has 1 aromatic carbocycles. The van der Waals surface area contributed by atoms with Crippen LogP contribution in [0.4, 0.5) is 0 Å². The second-order valence-corrected chi connectivity index (χ2v) is 6.17. The fourth-order valence-electron chi connectivity index (χ4n) is 3.04. The molecule has 0 bridgehead atoms. The molecular weight excluding hydrogens is 260 g/mol. The van der Waals surface area contributed by atoms with Crippen LogP contribution in [0, 0.1) is 13.8 Å². The predicted octanol–water partition coefficient (Wildman–Crippen LogP) is 2.95. The van der Waals surface area contributed by atoms with Gasteiger partial charge in [-0.3, -0.25) is 9.69 Å². The SMILES string of the molecule is CCCN(CC(=O)c1ccc(C)c(C)c1)C1CCNCC1. The Kier molecular flexibility index (Phi) is 5.95. The lowest BCUT2D eigenvalue weighted by Gasteiger charge is -2.34. The maximum atomic E-state index is 12.6. The summed E-state index contributed by atoms with van der Waals surface area (Å²) in [7, 11) is 0. The van der Waals surface area contributed by atoms with Crippen molar-refractivity contribution in [2.45, 2.75) is 46.1 Å². The first-order valence-electron chi connectivity index (χ1n) is 8.17. The molecule has 1 heterocycles. The molecule has 116 valence electrons. The molecule has 0 atom stereocenters. The fourth-order valence-corrected chi connectivity index (χ4v) is 3.04. The molecule has 0 amide bonds. The molecule has 0 radical (unpaired) electrons. The summed E-state index contributed by atoms with van der Waals surface area (Å²) >= 11 is 0. The molecule has 1 saturated heterocycles. The number of rotatable bonds is 6. The van der Waals surface area contributed by atoms with E-state index in [0.29, 0.717) is 12.6 Å². The number of carbonyl (C=O) groups is 1. The van der Waals surface area contributed by atoms with Crippen LogP contribution >= 0.6 is 0 Å². The summed E-state index contributed by atoms with van der Waals surface area (Å²) in [6.45, 7) is 10.1. The molecule has 0 saturated carbocycles. The minimum absolute atomic E-state index is 0.255. The molecule has 0 aliphatic carbocycles. The van der Waals surface area contributed by atoms with Gasteiger partial charge in [-0.25, -0.2) is 0 Å². The molecule has 3 heteroatoms. The molecule has 0 unspecified atom stereocenters. The number of hydrogen-bond donors (Lipinski definition) is 1. The predicted molar refractivity (Wildman–Crippen MR) is 88.0 cm³/mol. The van der Waals surface area contributed by atoms with Gasteiger partial charge in [0.25, 0.3) is 0 Å². The van der Waals surface area contributed by atoms with Gasteiger partial charge < -0.3 is 5.32 Å². The van der Waals surface area contributed by atoms with Crippen LogP contribution in [-0.2, 0) is 0 Å². The number of aryl methyl sites for hydroxylation is 2. The highest BCUT2D eigenvalue weighted by molar-refractivity contribution is 5.97. The maximum absolute atomic E-state index is 12.6. The van der Waals surface area contributed by atoms with Crippen molar-refractivity contribution in [3.8, 4) is 0 Å². The smallest absolute Gasteiger partial charge is 0.176 e. The standard InChI is InChI=1S/C18H28N2O/c1-4-11-20(17-7-9-19-10-8-17)13-18(21)16-6-5-14(2)15(3)12-16/h5-6,12,17,19H,4,7-11,13H2,1-3H3. The van der Waals surface area contributed by atoms with Crippen molar-refractivity contribution in [2.24, 2.45) is 0 Å². The van der Waals surface area contributed by atoms with Gasteiger partial charge in [0, 0.05) is 11.6 Å². The Hall–Kier alpha value is -1.19. The van der Waals surface area contributed by atoms with Gasteiger partial charge in [-0.2, -0.15) is 0 Å². The van der Waals surface area contributed by atoms with Crippen LogP contribution in [0.2, 0.25) is 0 Å². The Balaban J connectivity index is 2.04. The average Bonchev–Trinajstić information content (AvgIpc) is 2.50. The van der Waals surface area contributed by atoms with Crippen molar-refractivity contribution in [1.82, 2.24) is 10.2 Å². The number of hydrogen-bond acceptors (Lipinski definition) is 3. The van der Waals surface area contributed by atoms with Crippen molar-refractivity contribution >= 4 is 5.78 Å². The highest BCUT2D eigenvalue weighted by Gasteiger charge is 2.22. The van der Waals surface area contributed by atoms with Gasteiger partial charge in [0.15, 0.2) is 5.78 Å². The highest BCUT2D eigenvalue weighted by atomic mass is 16.1. The Labute approximate surface area is 128 Å². The quantitative estimate of drug-likeness (QED) is 0.817. The van der Waals surface area contributed by atoms with Crippen molar-refractivity contribution in [1.29, 1.82) is 0 Å². The van der Waals surface area contributed by atoms with Gasteiger partial charge in [0.2, 0.25) is 0 Å². The maximum Gasteiger partial charge on any atom is 0.176 e. The molecule has 1 aromatic rings. The topological polar surface area (TPSA) is 32.3 Å². The van der Waals surface area contributed by atoms with Crippen molar-refractivity contribution < 1.29 is 4.79 Å². The molecule has 0 aromatic heterocycles. The van der Waals surface area contributed by atoms with Crippen LogP contribution in [0.15, 0.2) is 18.2 Å². The van der Waals surface area contributed by atoms with Crippen LogP contribution in [0.5, 0.6) is 0 Å². The number of Topliss-reactive ketones (excluding diaryl/α,β-unsaturated/α-hetero) is 1. The van der Waals surface area contributed by atoms with E-state index in [9.17, 15) is 4.79 Å². The molecule has 0 spiro atoms. The number of carbonyl (C=O) groups excluding carboxylic acids is 1. The van der Waals surface area contributed by atoms with Gasteiger partial charge in [-0.15, -0.1) is 0 Å². The first-order chi connectivity index (χ1) is 10.1. The third-order valence-electron chi connectivity index (χ3n) is 4.51. The minimum atomic E-state index is 0.255. The molecule has 3 nitrogen and oxygen atoms in total. The normalized spacial score (nSPS) is 16.4. The summed E-state index contributed by atoms with van der Waals surface area (Å²) in [6, 6.07) is 6.61. The zero-order chi connectivity index (χ0) is 15.2. The summed E-state index contributed by atoms with van der Waals surface area (Å²) in [6.07, 6.45) is 3.41. The Morgan fingerprint density at radius 3 is 2.57 bits per heavy atom. The largest absolute Gasteiger partial charge is 0.317 e. The van der Waals surface area contributed by atoms with E-state index < -0.39 is 0 Å². The van der Waals surface area contributed by atoms with E-state index in [4.69, 9.17) is 0 Å². The first-order valence-corrected chi connectivity index (χ1v) is 8.17. The minimum Gasteiger partial charge on any atom is -0.317 e. The summed E-state index contributed by atoms with van der Waals surface area (Å²) in [5, 5.41) is 3.40. The van der Waals surface area contributed by atoms with Crippen LogP contribution in [0.3, 0.4) is 0 Å². The van der Waals surface area contributed by atoms with E-state index in [1.54, 1.807) is 0 Å². The zero-order valence-corrected chi connectivity index (χ0v) is 13.6. The van der Waals surface area contributed by atoms with Crippen molar-refractivity contribution in [3.05, 3.63) is 34.9 Å². The number of nitrogens with zero attached hydrogens (tertiary/aromatic N) is 1.